The monoisotopic (exact) mass is 320 g/mol. The fourth-order valence-electron chi connectivity index (χ4n) is 1.66. The van der Waals surface area contributed by atoms with Crippen LogP contribution in [0, 0.1) is 5.92 Å². The first-order valence-corrected chi connectivity index (χ1v) is 7.69. The van der Waals surface area contributed by atoms with Crippen molar-refractivity contribution < 1.29 is 14.3 Å². The van der Waals surface area contributed by atoms with Crippen LogP contribution in [0.5, 0.6) is 0 Å². The van der Waals surface area contributed by atoms with Crippen LogP contribution in [0.4, 0.5) is 0 Å². The fraction of sp³-hybridized carbons (Fsp3) is 0.857. The molecule has 1 unspecified atom stereocenters. The number of carbonyl (C=O) groups is 2. The van der Waals surface area contributed by atoms with E-state index in [1.807, 2.05) is 20.8 Å². The van der Waals surface area contributed by atoms with Crippen LogP contribution in [0.3, 0.4) is 0 Å². The number of rotatable bonds is 8. The third-order valence-electron chi connectivity index (χ3n) is 2.56. The SMILES string of the molecule is CC(=O)C(CCCCCCBr)C(=O)OC(C)(C)C. The summed E-state index contributed by atoms with van der Waals surface area (Å²) in [4.78, 5) is 23.4. The zero-order valence-corrected chi connectivity index (χ0v) is 13.5. The van der Waals surface area contributed by atoms with Gasteiger partial charge in [0, 0.05) is 5.33 Å². The number of Topliss-reactive ketones (excluding diaryl/α,β-unsaturated/α-hetero) is 1. The predicted octanol–water partition coefficient (Wildman–Crippen LogP) is 3.88. The number of esters is 1. The molecule has 0 N–H and O–H groups in total. The molecule has 18 heavy (non-hydrogen) atoms. The molecule has 0 saturated heterocycles. The van der Waals surface area contributed by atoms with Gasteiger partial charge >= 0.3 is 5.97 Å². The van der Waals surface area contributed by atoms with E-state index < -0.39 is 11.5 Å². The third kappa shape index (κ3) is 8.67. The molecule has 0 fully saturated rings. The smallest absolute Gasteiger partial charge is 0.316 e. The van der Waals surface area contributed by atoms with E-state index in [0.717, 1.165) is 31.0 Å². The molecule has 1 atom stereocenters. The summed E-state index contributed by atoms with van der Waals surface area (Å²) in [6.07, 6.45) is 4.82. The highest BCUT2D eigenvalue weighted by molar-refractivity contribution is 9.09. The van der Waals surface area contributed by atoms with E-state index in [4.69, 9.17) is 4.74 Å². The second-order valence-corrected chi connectivity index (χ2v) is 6.38. The van der Waals surface area contributed by atoms with Crippen LogP contribution in [0.1, 0.15) is 59.8 Å². The summed E-state index contributed by atoms with van der Waals surface area (Å²) < 4.78 is 5.27. The molecule has 0 rings (SSSR count). The van der Waals surface area contributed by atoms with E-state index in [9.17, 15) is 9.59 Å². The zero-order chi connectivity index (χ0) is 14.2. The van der Waals surface area contributed by atoms with E-state index in [0.29, 0.717) is 6.42 Å². The average Bonchev–Trinajstić information content (AvgIpc) is 2.19. The third-order valence-corrected chi connectivity index (χ3v) is 3.12. The van der Waals surface area contributed by atoms with Crippen LogP contribution < -0.4 is 0 Å². The maximum atomic E-state index is 11.9. The van der Waals surface area contributed by atoms with Gasteiger partial charge in [0.15, 0.2) is 0 Å². The van der Waals surface area contributed by atoms with Crippen LogP contribution in [-0.2, 0) is 14.3 Å². The summed E-state index contributed by atoms with van der Waals surface area (Å²) in [6.45, 7) is 6.92. The molecule has 0 aliphatic rings. The van der Waals surface area contributed by atoms with Gasteiger partial charge in [0.25, 0.3) is 0 Å². The van der Waals surface area contributed by atoms with Crippen LogP contribution in [0.25, 0.3) is 0 Å². The molecule has 0 bridgehead atoms. The minimum Gasteiger partial charge on any atom is -0.459 e. The fourth-order valence-corrected chi connectivity index (χ4v) is 2.05. The Morgan fingerprint density at radius 1 is 1.11 bits per heavy atom. The molecule has 0 aliphatic carbocycles. The standard InChI is InChI=1S/C14H25BrO3/c1-11(16)12(9-7-5-6-8-10-15)13(17)18-14(2,3)4/h12H,5-10H2,1-4H3. The lowest BCUT2D eigenvalue weighted by molar-refractivity contribution is -0.162. The van der Waals surface area contributed by atoms with Crippen molar-refractivity contribution in [1.29, 1.82) is 0 Å². The van der Waals surface area contributed by atoms with E-state index >= 15 is 0 Å². The van der Waals surface area contributed by atoms with Crippen molar-refractivity contribution in [3.63, 3.8) is 0 Å². The summed E-state index contributed by atoms with van der Waals surface area (Å²) in [6, 6.07) is 0. The van der Waals surface area contributed by atoms with E-state index in [1.165, 1.54) is 6.92 Å². The molecule has 4 heteroatoms. The van der Waals surface area contributed by atoms with Crippen molar-refractivity contribution in [2.24, 2.45) is 5.92 Å². The van der Waals surface area contributed by atoms with Gasteiger partial charge in [0.05, 0.1) is 0 Å². The highest BCUT2D eigenvalue weighted by Gasteiger charge is 2.28. The second kappa shape index (κ2) is 8.68. The highest BCUT2D eigenvalue weighted by Crippen LogP contribution is 2.18. The molecule has 106 valence electrons. The number of ketones is 1. The maximum absolute atomic E-state index is 11.9. The highest BCUT2D eigenvalue weighted by atomic mass is 79.9. The topological polar surface area (TPSA) is 43.4 Å². The molecular formula is C14H25BrO3. The summed E-state index contributed by atoms with van der Waals surface area (Å²) in [5.41, 5.74) is -0.527. The zero-order valence-electron chi connectivity index (χ0n) is 11.9. The van der Waals surface area contributed by atoms with Crippen molar-refractivity contribution in [3.8, 4) is 0 Å². The molecule has 0 aromatic rings. The van der Waals surface area contributed by atoms with Gasteiger partial charge in [-0.05, 0) is 40.5 Å². The number of alkyl halides is 1. The van der Waals surface area contributed by atoms with Crippen LogP contribution in [0.2, 0.25) is 0 Å². The van der Waals surface area contributed by atoms with Gasteiger partial charge in [-0.1, -0.05) is 35.2 Å². The number of halogens is 1. The predicted molar refractivity (Wildman–Crippen MR) is 76.9 cm³/mol. The summed E-state index contributed by atoms with van der Waals surface area (Å²) >= 11 is 3.38. The molecule has 0 aromatic heterocycles. The largest absolute Gasteiger partial charge is 0.459 e. The first-order valence-electron chi connectivity index (χ1n) is 6.57. The van der Waals surface area contributed by atoms with E-state index in [2.05, 4.69) is 15.9 Å². The van der Waals surface area contributed by atoms with Gasteiger partial charge in [-0.2, -0.15) is 0 Å². The maximum Gasteiger partial charge on any atom is 0.316 e. The number of carbonyl (C=O) groups excluding carboxylic acids is 2. The lowest BCUT2D eigenvalue weighted by atomic mass is 9.97. The Labute approximate surface area is 119 Å². The lowest BCUT2D eigenvalue weighted by Gasteiger charge is -2.22. The molecule has 0 heterocycles. The average molecular weight is 321 g/mol. The minimum absolute atomic E-state index is 0.0928. The lowest BCUT2D eigenvalue weighted by Crippen LogP contribution is -2.31. The first-order chi connectivity index (χ1) is 8.28. The Bertz CT molecular complexity index is 269. The van der Waals surface area contributed by atoms with Crippen molar-refractivity contribution in [2.45, 2.75) is 65.4 Å². The molecular weight excluding hydrogens is 296 g/mol. The van der Waals surface area contributed by atoms with Gasteiger partial charge in [-0.3, -0.25) is 9.59 Å². The molecule has 0 amide bonds. The number of ether oxygens (including phenoxy) is 1. The first kappa shape index (κ1) is 17.6. The minimum atomic E-state index is -0.590. The molecule has 0 aliphatic heterocycles. The summed E-state index contributed by atoms with van der Waals surface area (Å²) in [5.74, 6) is -1.06. The number of hydrogen-bond acceptors (Lipinski definition) is 3. The Morgan fingerprint density at radius 3 is 2.11 bits per heavy atom. The normalized spacial score (nSPS) is 13.2. The van der Waals surface area contributed by atoms with Crippen LogP contribution in [0.15, 0.2) is 0 Å². The summed E-state index contributed by atoms with van der Waals surface area (Å²) in [7, 11) is 0. The number of hydrogen-bond donors (Lipinski definition) is 0. The van der Waals surface area contributed by atoms with Gasteiger partial charge in [0.2, 0.25) is 0 Å². The Kier molecular flexibility index (Phi) is 8.49. The summed E-state index contributed by atoms with van der Waals surface area (Å²) in [5, 5.41) is 1.01. The second-order valence-electron chi connectivity index (χ2n) is 5.59. The van der Waals surface area contributed by atoms with Gasteiger partial charge in [-0.15, -0.1) is 0 Å². The van der Waals surface area contributed by atoms with Crippen LogP contribution >= 0.6 is 15.9 Å². The van der Waals surface area contributed by atoms with E-state index in [1.54, 1.807) is 0 Å². The molecule has 0 radical (unpaired) electrons. The molecule has 0 saturated carbocycles. The van der Waals surface area contributed by atoms with Crippen LogP contribution in [-0.4, -0.2) is 22.7 Å². The molecule has 0 aromatic carbocycles. The quantitative estimate of drug-likeness (QED) is 0.295. The Balaban J connectivity index is 4.15. The Hall–Kier alpha value is -0.380. The molecule has 3 nitrogen and oxygen atoms in total. The molecule has 0 spiro atoms. The van der Waals surface area contributed by atoms with Crippen molar-refractivity contribution in [1.82, 2.24) is 0 Å². The van der Waals surface area contributed by atoms with Gasteiger partial charge < -0.3 is 4.74 Å². The number of unbranched alkanes of at least 4 members (excludes halogenated alkanes) is 3. The van der Waals surface area contributed by atoms with E-state index in [-0.39, 0.29) is 11.8 Å². The van der Waals surface area contributed by atoms with Gasteiger partial charge in [0.1, 0.15) is 17.3 Å². The van der Waals surface area contributed by atoms with Crippen molar-refractivity contribution in [2.75, 3.05) is 5.33 Å². The Morgan fingerprint density at radius 2 is 1.67 bits per heavy atom. The van der Waals surface area contributed by atoms with Gasteiger partial charge in [-0.25, -0.2) is 0 Å². The van der Waals surface area contributed by atoms with Crippen molar-refractivity contribution in [3.05, 3.63) is 0 Å². The van der Waals surface area contributed by atoms with Crippen molar-refractivity contribution >= 4 is 27.7 Å².